The van der Waals surface area contributed by atoms with Crippen molar-refractivity contribution in [3.05, 3.63) is 16.0 Å². The van der Waals surface area contributed by atoms with E-state index in [2.05, 4.69) is 37.1 Å². The second kappa shape index (κ2) is 10.3. The number of nitrogens with zero attached hydrogens (tertiary/aromatic N) is 2. The summed E-state index contributed by atoms with van der Waals surface area (Å²) in [6.45, 7) is 7.42. The molecule has 0 spiro atoms. The summed E-state index contributed by atoms with van der Waals surface area (Å²) in [5, 5.41) is 13.9. The van der Waals surface area contributed by atoms with Crippen molar-refractivity contribution in [1.29, 1.82) is 5.26 Å². The van der Waals surface area contributed by atoms with Gasteiger partial charge in [-0.05, 0) is 61.8 Å². The van der Waals surface area contributed by atoms with Crippen LogP contribution in [0, 0.1) is 22.7 Å². The molecule has 0 bridgehead atoms. The van der Waals surface area contributed by atoms with Crippen LogP contribution in [-0.4, -0.2) is 29.4 Å². The van der Waals surface area contributed by atoms with Gasteiger partial charge in [0.05, 0.1) is 12.1 Å². The number of rotatable bonds is 5. The SMILES string of the molecule is CC(C)(C)[C@H]1CCc2c(sc(NC(=O)CN(C3CCCCC3)C3CCCCC3)c2C#N)C1. The highest BCUT2D eigenvalue weighted by Gasteiger charge is 2.33. The molecule has 2 fully saturated rings. The van der Waals surface area contributed by atoms with Crippen LogP contribution in [0.4, 0.5) is 5.00 Å². The second-order valence-electron chi connectivity index (χ2n) is 11.4. The standard InChI is InChI=1S/C27H41N3OS/c1-27(2,3)19-14-15-22-23(17-28)26(32-24(22)16-19)29-25(31)18-30(20-10-6-4-7-11-20)21-12-8-5-9-13-21/h19-21H,4-16,18H2,1-3H3,(H,29,31)/t19-/m0/s1. The van der Waals surface area contributed by atoms with Crippen molar-refractivity contribution in [2.75, 3.05) is 11.9 Å². The van der Waals surface area contributed by atoms with Gasteiger partial charge in [0.2, 0.25) is 5.91 Å². The fourth-order valence-corrected chi connectivity index (χ4v) is 7.54. The zero-order valence-corrected chi connectivity index (χ0v) is 21.2. The van der Waals surface area contributed by atoms with Crippen molar-refractivity contribution in [2.24, 2.45) is 11.3 Å². The lowest BCUT2D eigenvalue weighted by molar-refractivity contribution is -0.119. The molecule has 0 radical (unpaired) electrons. The minimum Gasteiger partial charge on any atom is -0.315 e. The van der Waals surface area contributed by atoms with E-state index in [0.717, 1.165) is 29.8 Å². The van der Waals surface area contributed by atoms with E-state index in [1.165, 1.54) is 74.6 Å². The van der Waals surface area contributed by atoms with E-state index in [4.69, 9.17) is 0 Å². The van der Waals surface area contributed by atoms with E-state index in [9.17, 15) is 10.1 Å². The molecule has 3 aliphatic rings. The molecule has 1 amide bonds. The molecule has 1 N–H and O–H groups in total. The molecule has 3 aliphatic carbocycles. The van der Waals surface area contributed by atoms with Gasteiger partial charge in [-0.1, -0.05) is 59.3 Å². The summed E-state index contributed by atoms with van der Waals surface area (Å²) < 4.78 is 0. The van der Waals surface area contributed by atoms with Gasteiger partial charge >= 0.3 is 0 Å². The lowest BCUT2D eigenvalue weighted by Gasteiger charge is -2.41. The third kappa shape index (κ3) is 5.39. The number of nitrogens with one attached hydrogen (secondary N) is 1. The summed E-state index contributed by atoms with van der Waals surface area (Å²) in [5.74, 6) is 0.709. The Bertz CT molecular complexity index is 816. The average Bonchev–Trinajstić information content (AvgIpc) is 3.14. The van der Waals surface area contributed by atoms with Crippen molar-refractivity contribution in [3.63, 3.8) is 0 Å². The molecule has 32 heavy (non-hydrogen) atoms. The molecule has 0 saturated heterocycles. The Morgan fingerprint density at radius 2 is 1.62 bits per heavy atom. The van der Waals surface area contributed by atoms with E-state index in [1.807, 2.05) is 0 Å². The number of fused-ring (bicyclic) bond motifs is 1. The van der Waals surface area contributed by atoms with E-state index in [-0.39, 0.29) is 11.3 Å². The molecular weight excluding hydrogens is 414 g/mol. The Balaban J connectivity index is 1.47. The van der Waals surface area contributed by atoms with Gasteiger partial charge in [-0.25, -0.2) is 0 Å². The average molecular weight is 456 g/mol. The van der Waals surface area contributed by atoms with E-state index < -0.39 is 0 Å². The van der Waals surface area contributed by atoms with Crippen LogP contribution in [0.25, 0.3) is 0 Å². The molecule has 1 aromatic heterocycles. The van der Waals surface area contributed by atoms with Crippen LogP contribution in [0.15, 0.2) is 0 Å². The Morgan fingerprint density at radius 1 is 1.03 bits per heavy atom. The first-order valence-electron chi connectivity index (χ1n) is 13.0. The molecule has 2 saturated carbocycles. The Labute approximate surface area is 198 Å². The minimum absolute atomic E-state index is 0.0728. The summed E-state index contributed by atoms with van der Waals surface area (Å²) in [7, 11) is 0. The Kier molecular flexibility index (Phi) is 7.62. The molecule has 1 aromatic rings. The zero-order valence-electron chi connectivity index (χ0n) is 20.3. The van der Waals surface area contributed by atoms with Crippen molar-refractivity contribution < 1.29 is 4.79 Å². The number of hydrogen-bond donors (Lipinski definition) is 1. The third-order valence-electron chi connectivity index (χ3n) is 8.27. The van der Waals surface area contributed by atoms with Crippen molar-refractivity contribution in [2.45, 2.75) is 116 Å². The number of anilines is 1. The maximum absolute atomic E-state index is 13.3. The largest absolute Gasteiger partial charge is 0.315 e. The molecule has 4 nitrogen and oxygen atoms in total. The maximum Gasteiger partial charge on any atom is 0.239 e. The first-order chi connectivity index (χ1) is 15.4. The van der Waals surface area contributed by atoms with Gasteiger partial charge in [-0.2, -0.15) is 5.26 Å². The molecule has 0 unspecified atom stereocenters. The summed E-state index contributed by atoms with van der Waals surface area (Å²) >= 11 is 1.66. The Morgan fingerprint density at radius 3 is 2.16 bits per heavy atom. The van der Waals surface area contributed by atoms with Gasteiger partial charge in [0.25, 0.3) is 0 Å². The first kappa shape index (κ1) is 23.8. The predicted octanol–water partition coefficient (Wildman–Crippen LogP) is 6.68. The fraction of sp³-hybridized carbons (Fsp3) is 0.778. The molecule has 5 heteroatoms. The van der Waals surface area contributed by atoms with Crippen LogP contribution in [-0.2, 0) is 17.6 Å². The van der Waals surface area contributed by atoms with Crippen LogP contribution in [0.1, 0.15) is 107 Å². The van der Waals surface area contributed by atoms with Gasteiger partial charge in [-0.15, -0.1) is 11.3 Å². The summed E-state index contributed by atoms with van der Waals surface area (Å²) in [6, 6.07) is 3.53. The van der Waals surface area contributed by atoms with Gasteiger partial charge < -0.3 is 5.32 Å². The smallest absolute Gasteiger partial charge is 0.239 e. The molecule has 0 aliphatic heterocycles. The van der Waals surface area contributed by atoms with Crippen molar-refractivity contribution >= 4 is 22.2 Å². The molecule has 4 rings (SSSR count). The minimum atomic E-state index is 0.0728. The van der Waals surface area contributed by atoms with Crippen LogP contribution in [0.3, 0.4) is 0 Å². The summed E-state index contributed by atoms with van der Waals surface area (Å²) in [4.78, 5) is 17.1. The molecule has 176 valence electrons. The number of nitriles is 1. The van der Waals surface area contributed by atoms with Crippen LogP contribution >= 0.6 is 11.3 Å². The first-order valence-corrected chi connectivity index (χ1v) is 13.8. The van der Waals surface area contributed by atoms with Gasteiger partial charge in [0, 0.05) is 17.0 Å². The highest BCUT2D eigenvalue weighted by Crippen LogP contribution is 2.44. The van der Waals surface area contributed by atoms with Crippen LogP contribution < -0.4 is 5.32 Å². The summed E-state index contributed by atoms with van der Waals surface area (Å²) in [6.07, 6.45) is 15.9. The van der Waals surface area contributed by atoms with E-state index in [0.29, 0.717) is 24.5 Å². The molecule has 0 aromatic carbocycles. The Hall–Kier alpha value is -1.38. The monoisotopic (exact) mass is 455 g/mol. The molecular formula is C27H41N3OS. The topological polar surface area (TPSA) is 56.1 Å². The quantitative estimate of drug-likeness (QED) is 0.539. The second-order valence-corrected chi connectivity index (χ2v) is 12.5. The number of amides is 1. The number of carbonyl (C=O) groups excluding carboxylic acids is 1. The highest BCUT2D eigenvalue weighted by molar-refractivity contribution is 7.16. The lowest BCUT2D eigenvalue weighted by atomic mass is 9.72. The van der Waals surface area contributed by atoms with Crippen LogP contribution in [0.5, 0.6) is 0 Å². The summed E-state index contributed by atoms with van der Waals surface area (Å²) in [5.41, 5.74) is 2.20. The lowest BCUT2D eigenvalue weighted by Crippen LogP contribution is -2.48. The number of thiophene rings is 1. The fourth-order valence-electron chi connectivity index (χ4n) is 6.25. The van der Waals surface area contributed by atoms with Gasteiger partial charge in [-0.3, -0.25) is 9.69 Å². The van der Waals surface area contributed by atoms with E-state index in [1.54, 1.807) is 11.3 Å². The highest BCUT2D eigenvalue weighted by atomic mass is 32.1. The predicted molar refractivity (Wildman–Crippen MR) is 133 cm³/mol. The van der Waals surface area contributed by atoms with Crippen molar-refractivity contribution in [1.82, 2.24) is 4.90 Å². The number of hydrogen-bond acceptors (Lipinski definition) is 4. The number of carbonyl (C=O) groups is 1. The zero-order chi connectivity index (χ0) is 22.7. The van der Waals surface area contributed by atoms with Crippen molar-refractivity contribution in [3.8, 4) is 6.07 Å². The van der Waals surface area contributed by atoms with Crippen LogP contribution in [0.2, 0.25) is 0 Å². The van der Waals surface area contributed by atoms with E-state index >= 15 is 0 Å². The maximum atomic E-state index is 13.3. The van der Waals surface area contributed by atoms with Gasteiger partial charge in [0.1, 0.15) is 11.1 Å². The van der Waals surface area contributed by atoms with Gasteiger partial charge in [0.15, 0.2) is 0 Å². The molecule has 1 atom stereocenters. The molecule has 1 heterocycles. The third-order valence-corrected chi connectivity index (χ3v) is 9.44. The normalized spacial score (nSPS) is 23.0.